The number of nitrogens with one attached hydrogen (secondary N) is 1. The number of hydrogen-bond donors (Lipinski definition) is 1. The summed E-state index contributed by atoms with van der Waals surface area (Å²) in [7, 11) is 1.50. The molecule has 1 aromatic heterocycles. The molecule has 6 heteroatoms. The first-order valence-corrected chi connectivity index (χ1v) is 6.02. The van der Waals surface area contributed by atoms with E-state index in [0.717, 1.165) is 0 Å². The van der Waals surface area contributed by atoms with Gasteiger partial charge in [0.05, 0.1) is 19.2 Å². The third-order valence-corrected chi connectivity index (χ3v) is 2.75. The van der Waals surface area contributed by atoms with E-state index in [1.807, 2.05) is 0 Å². The van der Waals surface area contributed by atoms with Gasteiger partial charge in [-0.1, -0.05) is 16.8 Å². The standard InChI is InChI=1S/C13H13ClN2O3/c1-8-5-10(16-19-8)7-15-13(17)11-6-9(14)3-4-12(11)18-2/h3-6H,7H2,1-2H3,(H,15,17). The first-order chi connectivity index (χ1) is 9.10. The van der Waals surface area contributed by atoms with Gasteiger partial charge in [0.25, 0.3) is 5.91 Å². The number of methoxy groups -OCH3 is 1. The van der Waals surface area contributed by atoms with Crippen LogP contribution in [0.2, 0.25) is 5.02 Å². The van der Waals surface area contributed by atoms with E-state index in [0.29, 0.717) is 27.8 Å². The summed E-state index contributed by atoms with van der Waals surface area (Å²) in [4.78, 5) is 12.0. The predicted octanol–water partition coefficient (Wildman–Crippen LogP) is 2.58. The fraction of sp³-hybridized carbons (Fsp3) is 0.231. The smallest absolute Gasteiger partial charge is 0.255 e. The Morgan fingerprint density at radius 1 is 1.47 bits per heavy atom. The predicted molar refractivity (Wildman–Crippen MR) is 70.4 cm³/mol. The van der Waals surface area contributed by atoms with E-state index in [-0.39, 0.29) is 12.5 Å². The maximum Gasteiger partial charge on any atom is 0.255 e. The molecule has 1 heterocycles. The third-order valence-electron chi connectivity index (χ3n) is 2.51. The zero-order valence-electron chi connectivity index (χ0n) is 10.6. The number of ether oxygens (including phenoxy) is 1. The van der Waals surface area contributed by atoms with Crippen LogP contribution in [-0.4, -0.2) is 18.2 Å². The molecule has 0 bridgehead atoms. The molecule has 0 aliphatic carbocycles. The summed E-state index contributed by atoms with van der Waals surface area (Å²) >= 11 is 5.88. The molecule has 0 radical (unpaired) electrons. The van der Waals surface area contributed by atoms with Gasteiger partial charge in [0.15, 0.2) is 0 Å². The summed E-state index contributed by atoms with van der Waals surface area (Å²) in [5, 5.41) is 7.00. The molecule has 5 nitrogen and oxygen atoms in total. The van der Waals surface area contributed by atoms with Crippen molar-refractivity contribution < 1.29 is 14.1 Å². The molecule has 0 aliphatic heterocycles. The maximum atomic E-state index is 12.0. The van der Waals surface area contributed by atoms with E-state index in [9.17, 15) is 4.79 Å². The van der Waals surface area contributed by atoms with Crippen LogP contribution in [0.3, 0.4) is 0 Å². The van der Waals surface area contributed by atoms with E-state index >= 15 is 0 Å². The van der Waals surface area contributed by atoms with Crippen LogP contribution in [0.4, 0.5) is 0 Å². The van der Waals surface area contributed by atoms with Crippen LogP contribution in [0.15, 0.2) is 28.8 Å². The van der Waals surface area contributed by atoms with E-state index in [1.54, 1.807) is 31.2 Å². The number of amides is 1. The Balaban J connectivity index is 2.09. The number of aryl methyl sites for hydroxylation is 1. The van der Waals surface area contributed by atoms with E-state index in [2.05, 4.69) is 10.5 Å². The van der Waals surface area contributed by atoms with Crippen molar-refractivity contribution in [2.45, 2.75) is 13.5 Å². The number of hydrogen-bond acceptors (Lipinski definition) is 4. The Morgan fingerprint density at radius 3 is 2.89 bits per heavy atom. The molecule has 0 saturated carbocycles. The van der Waals surface area contributed by atoms with Crippen LogP contribution in [0.25, 0.3) is 0 Å². The number of benzene rings is 1. The molecule has 1 amide bonds. The minimum Gasteiger partial charge on any atom is -0.496 e. The molecule has 0 fully saturated rings. The van der Waals surface area contributed by atoms with Crippen LogP contribution < -0.4 is 10.1 Å². The van der Waals surface area contributed by atoms with E-state index < -0.39 is 0 Å². The average molecular weight is 281 g/mol. The lowest BCUT2D eigenvalue weighted by atomic mass is 10.2. The first-order valence-electron chi connectivity index (χ1n) is 5.64. The maximum absolute atomic E-state index is 12.0. The van der Waals surface area contributed by atoms with Crippen molar-refractivity contribution in [3.05, 3.63) is 46.3 Å². The summed E-state index contributed by atoms with van der Waals surface area (Å²) in [5.74, 6) is 0.892. The summed E-state index contributed by atoms with van der Waals surface area (Å²) in [6, 6.07) is 6.63. The lowest BCUT2D eigenvalue weighted by Crippen LogP contribution is -2.23. The molecule has 0 saturated heterocycles. The highest BCUT2D eigenvalue weighted by Crippen LogP contribution is 2.22. The van der Waals surface area contributed by atoms with Crippen LogP contribution in [-0.2, 0) is 6.54 Å². The van der Waals surface area contributed by atoms with Crippen molar-refractivity contribution in [2.75, 3.05) is 7.11 Å². The number of carbonyl (C=O) groups excluding carboxylic acids is 1. The topological polar surface area (TPSA) is 64.4 Å². The van der Waals surface area contributed by atoms with Crippen molar-refractivity contribution in [2.24, 2.45) is 0 Å². The minimum atomic E-state index is -0.278. The molecule has 2 rings (SSSR count). The largest absolute Gasteiger partial charge is 0.496 e. The summed E-state index contributed by atoms with van der Waals surface area (Å²) in [5.41, 5.74) is 1.04. The van der Waals surface area contributed by atoms with Gasteiger partial charge in [0.1, 0.15) is 17.2 Å². The van der Waals surface area contributed by atoms with Crippen molar-refractivity contribution in [1.82, 2.24) is 10.5 Å². The molecule has 0 unspecified atom stereocenters. The Bertz CT molecular complexity index is 595. The number of carbonyl (C=O) groups is 1. The van der Waals surface area contributed by atoms with Gasteiger partial charge in [-0.25, -0.2) is 0 Å². The number of nitrogens with zero attached hydrogens (tertiary/aromatic N) is 1. The molecule has 0 aliphatic rings. The lowest BCUT2D eigenvalue weighted by molar-refractivity contribution is 0.0947. The van der Waals surface area contributed by atoms with Crippen molar-refractivity contribution in [3.8, 4) is 5.75 Å². The van der Waals surface area contributed by atoms with E-state index in [4.69, 9.17) is 20.9 Å². The fourth-order valence-electron chi connectivity index (χ4n) is 1.62. The van der Waals surface area contributed by atoms with Gasteiger partial charge >= 0.3 is 0 Å². The van der Waals surface area contributed by atoms with Gasteiger partial charge in [0.2, 0.25) is 0 Å². The lowest BCUT2D eigenvalue weighted by Gasteiger charge is -2.08. The Hall–Kier alpha value is -2.01. The van der Waals surface area contributed by atoms with Crippen LogP contribution in [0, 0.1) is 6.92 Å². The SMILES string of the molecule is COc1ccc(Cl)cc1C(=O)NCc1cc(C)on1. The highest BCUT2D eigenvalue weighted by Gasteiger charge is 2.13. The normalized spacial score (nSPS) is 10.3. The minimum absolute atomic E-state index is 0.278. The molecular formula is C13H13ClN2O3. The first kappa shape index (κ1) is 13.4. The van der Waals surface area contributed by atoms with E-state index in [1.165, 1.54) is 7.11 Å². The second-order valence-corrected chi connectivity index (χ2v) is 4.39. The summed E-state index contributed by atoms with van der Waals surface area (Å²) < 4.78 is 10.0. The van der Waals surface area contributed by atoms with Crippen LogP contribution in [0.5, 0.6) is 5.75 Å². The molecule has 19 heavy (non-hydrogen) atoms. The van der Waals surface area contributed by atoms with Crippen molar-refractivity contribution >= 4 is 17.5 Å². The Kier molecular flexibility index (Phi) is 4.06. The molecule has 1 N–H and O–H groups in total. The monoisotopic (exact) mass is 280 g/mol. The second-order valence-electron chi connectivity index (χ2n) is 3.96. The van der Waals surface area contributed by atoms with Gasteiger partial charge < -0.3 is 14.6 Å². The van der Waals surface area contributed by atoms with Crippen molar-refractivity contribution in [3.63, 3.8) is 0 Å². The van der Waals surface area contributed by atoms with Gasteiger partial charge in [-0.2, -0.15) is 0 Å². The molecular weight excluding hydrogens is 268 g/mol. The number of halogens is 1. The summed E-state index contributed by atoms with van der Waals surface area (Å²) in [6.45, 7) is 2.07. The number of aromatic nitrogens is 1. The molecule has 1 aromatic carbocycles. The highest BCUT2D eigenvalue weighted by molar-refractivity contribution is 6.31. The number of rotatable bonds is 4. The molecule has 100 valence electrons. The van der Waals surface area contributed by atoms with Gasteiger partial charge in [-0.15, -0.1) is 0 Å². The third kappa shape index (κ3) is 3.26. The quantitative estimate of drug-likeness (QED) is 0.935. The van der Waals surface area contributed by atoms with Gasteiger partial charge in [-0.3, -0.25) is 4.79 Å². The zero-order valence-corrected chi connectivity index (χ0v) is 11.3. The van der Waals surface area contributed by atoms with Crippen LogP contribution >= 0.6 is 11.6 Å². The Labute approximate surface area is 115 Å². The summed E-state index contributed by atoms with van der Waals surface area (Å²) in [6.07, 6.45) is 0. The highest BCUT2D eigenvalue weighted by atomic mass is 35.5. The van der Waals surface area contributed by atoms with Crippen molar-refractivity contribution in [1.29, 1.82) is 0 Å². The fourth-order valence-corrected chi connectivity index (χ4v) is 1.80. The average Bonchev–Trinajstić information content (AvgIpc) is 2.81. The molecule has 2 aromatic rings. The van der Waals surface area contributed by atoms with Gasteiger partial charge in [-0.05, 0) is 25.1 Å². The van der Waals surface area contributed by atoms with Gasteiger partial charge in [0, 0.05) is 11.1 Å². The molecule has 0 spiro atoms. The Morgan fingerprint density at radius 2 is 2.26 bits per heavy atom. The second kappa shape index (κ2) is 5.75. The molecule has 0 atom stereocenters. The zero-order chi connectivity index (χ0) is 13.8. The van der Waals surface area contributed by atoms with Crippen LogP contribution in [0.1, 0.15) is 21.8 Å².